The molecule has 2 saturated heterocycles. The van der Waals surface area contributed by atoms with Gasteiger partial charge >= 0.3 is 0 Å². The summed E-state index contributed by atoms with van der Waals surface area (Å²) >= 11 is 1.58. The van der Waals surface area contributed by atoms with Gasteiger partial charge in [-0.3, -0.25) is 9.69 Å². The lowest BCUT2D eigenvalue weighted by Crippen LogP contribution is -2.68. The molecule has 0 spiro atoms. The number of carbonyl (C=O) groups excluding carboxylic acids is 1. The van der Waals surface area contributed by atoms with E-state index >= 15 is 0 Å². The van der Waals surface area contributed by atoms with E-state index < -0.39 is 0 Å². The van der Waals surface area contributed by atoms with E-state index in [1.807, 2.05) is 52.1 Å². The van der Waals surface area contributed by atoms with Crippen LogP contribution >= 0.6 is 11.3 Å². The predicted octanol–water partition coefficient (Wildman–Crippen LogP) is 4.14. The van der Waals surface area contributed by atoms with Gasteiger partial charge in [-0.25, -0.2) is 0 Å². The molecule has 3 heterocycles. The highest BCUT2D eigenvalue weighted by atomic mass is 32.1. The zero-order chi connectivity index (χ0) is 18.8. The Kier molecular flexibility index (Phi) is 5.50. The van der Waals surface area contributed by atoms with E-state index in [0.717, 1.165) is 43.8 Å². The number of benzene rings is 1. The lowest BCUT2D eigenvalue weighted by Gasteiger charge is -2.54. The molecule has 0 aliphatic carbocycles. The number of thiophene rings is 1. The molecule has 0 N–H and O–H groups in total. The van der Waals surface area contributed by atoms with Gasteiger partial charge in [-0.15, -0.1) is 0 Å². The van der Waals surface area contributed by atoms with E-state index in [-0.39, 0.29) is 12.0 Å². The Bertz CT molecular complexity index is 739. The van der Waals surface area contributed by atoms with Gasteiger partial charge in [0.25, 0.3) is 5.91 Å². The third-order valence-corrected chi connectivity index (χ3v) is 6.61. The monoisotopic (exact) mass is 384 g/mol. The van der Waals surface area contributed by atoms with Gasteiger partial charge in [0.15, 0.2) is 0 Å². The van der Waals surface area contributed by atoms with Crippen LogP contribution in [-0.4, -0.2) is 53.5 Å². The van der Waals surface area contributed by atoms with Crippen LogP contribution in [0.2, 0.25) is 0 Å². The largest absolute Gasteiger partial charge is 0.487 e. The van der Waals surface area contributed by atoms with E-state index in [4.69, 9.17) is 4.74 Å². The standard InChI is InChI=1S/C22H28N2O2S/c1-16(2)24-14-20(26-19-6-4-3-5-7-19)21(24)17-8-11-23(12-9-17)22(25)18-10-13-27-15-18/h3-7,10,13,15-17,20-21H,8-9,11-12,14H2,1-2H3. The molecule has 1 aromatic heterocycles. The van der Waals surface area contributed by atoms with Crippen LogP contribution < -0.4 is 4.74 Å². The molecule has 0 bridgehead atoms. The van der Waals surface area contributed by atoms with Crippen molar-refractivity contribution in [1.82, 2.24) is 9.80 Å². The molecule has 2 aliphatic heterocycles. The number of carbonyl (C=O) groups is 1. The van der Waals surface area contributed by atoms with Crippen LogP contribution in [-0.2, 0) is 0 Å². The number of rotatable bonds is 5. The van der Waals surface area contributed by atoms with Crippen LogP contribution in [0.4, 0.5) is 0 Å². The summed E-state index contributed by atoms with van der Waals surface area (Å²) in [4.78, 5) is 17.2. The van der Waals surface area contributed by atoms with Gasteiger partial charge in [-0.2, -0.15) is 11.3 Å². The van der Waals surface area contributed by atoms with Crippen LogP contribution in [0.3, 0.4) is 0 Å². The first-order valence-corrected chi connectivity index (χ1v) is 10.9. The van der Waals surface area contributed by atoms with Crippen LogP contribution in [0.5, 0.6) is 5.75 Å². The Hall–Kier alpha value is -1.85. The van der Waals surface area contributed by atoms with Gasteiger partial charge in [-0.1, -0.05) is 18.2 Å². The van der Waals surface area contributed by atoms with E-state index in [2.05, 4.69) is 18.7 Å². The van der Waals surface area contributed by atoms with Crippen molar-refractivity contribution in [3.63, 3.8) is 0 Å². The van der Waals surface area contributed by atoms with Crippen LogP contribution in [0.15, 0.2) is 47.2 Å². The van der Waals surface area contributed by atoms with E-state index in [1.165, 1.54) is 0 Å². The van der Waals surface area contributed by atoms with Crippen LogP contribution in [0.1, 0.15) is 37.0 Å². The van der Waals surface area contributed by atoms with Crippen LogP contribution in [0, 0.1) is 5.92 Å². The summed E-state index contributed by atoms with van der Waals surface area (Å²) in [7, 11) is 0. The molecule has 2 aliphatic rings. The van der Waals surface area contributed by atoms with Crippen molar-refractivity contribution in [2.45, 2.75) is 44.9 Å². The highest BCUT2D eigenvalue weighted by Gasteiger charge is 2.47. The van der Waals surface area contributed by atoms with Gasteiger partial charge in [0, 0.05) is 31.1 Å². The lowest BCUT2D eigenvalue weighted by atomic mass is 9.79. The highest BCUT2D eigenvalue weighted by Crippen LogP contribution is 2.36. The Morgan fingerprint density at radius 3 is 2.52 bits per heavy atom. The first-order valence-electron chi connectivity index (χ1n) is 9.92. The maximum absolute atomic E-state index is 12.6. The molecule has 4 rings (SSSR count). The number of para-hydroxylation sites is 1. The van der Waals surface area contributed by atoms with Gasteiger partial charge < -0.3 is 9.64 Å². The number of nitrogens with zero attached hydrogens (tertiary/aromatic N) is 2. The number of ether oxygens (including phenoxy) is 1. The second-order valence-corrected chi connectivity index (χ2v) is 8.67. The van der Waals surface area contributed by atoms with Gasteiger partial charge in [0.2, 0.25) is 0 Å². The fraction of sp³-hybridized carbons (Fsp3) is 0.500. The van der Waals surface area contributed by atoms with Gasteiger partial charge in [-0.05, 0) is 56.2 Å². The summed E-state index contributed by atoms with van der Waals surface area (Å²) in [6, 6.07) is 13.0. The maximum atomic E-state index is 12.6. The molecular weight excluding hydrogens is 356 g/mol. The summed E-state index contributed by atoms with van der Waals surface area (Å²) in [6.45, 7) is 7.22. The average Bonchev–Trinajstić information content (AvgIpc) is 3.20. The second-order valence-electron chi connectivity index (χ2n) is 7.89. The van der Waals surface area contributed by atoms with Crippen molar-refractivity contribution >= 4 is 17.2 Å². The van der Waals surface area contributed by atoms with E-state index in [0.29, 0.717) is 18.0 Å². The minimum atomic E-state index is 0.182. The first kappa shape index (κ1) is 18.5. The first-order chi connectivity index (χ1) is 13.1. The molecule has 0 radical (unpaired) electrons. The molecular formula is C22H28N2O2S. The van der Waals surface area contributed by atoms with Crippen molar-refractivity contribution in [2.24, 2.45) is 5.92 Å². The molecule has 1 amide bonds. The Balaban J connectivity index is 1.39. The van der Waals surface area contributed by atoms with Crippen molar-refractivity contribution in [3.05, 3.63) is 52.7 Å². The van der Waals surface area contributed by atoms with Gasteiger partial charge in [0.05, 0.1) is 11.6 Å². The zero-order valence-corrected chi connectivity index (χ0v) is 16.9. The maximum Gasteiger partial charge on any atom is 0.254 e. The smallest absolute Gasteiger partial charge is 0.254 e. The third kappa shape index (κ3) is 3.90. The molecule has 2 fully saturated rings. The number of likely N-dealkylation sites (tertiary alicyclic amines) is 2. The number of hydrogen-bond donors (Lipinski definition) is 0. The zero-order valence-electron chi connectivity index (χ0n) is 16.1. The van der Waals surface area contributed by atoms with Gasteiger partial charge in [0.1, 0.15) is 11.9 Å². The van der Waals surface area contributed by atoms with Crippen molar-refractivity contribution in [3.8, 4) is 5.75 Å². The summed E-state index contributed by atoms with van der Waals surface area (Å²) in [5, 5.41) is 3.92. The highest BCUT2D eigenvalue weighted by molar-refractivity contribution is 7.08. The number of piperidine rings is 1. The quantitative estimate of drug-likeness (QED) is 0.777. The SMILES string of the molecule is CC(C)N1CC(Oc2ccccc2)C1C1CCN(C(=O)c2ccsc2)CC1. The minimum absolute atomic E-state index is 0.182. The van der Waals surface area contributed by atoms with Crippen molar-refractivity contribution in [1.29, 1.82) is 0 Å². The molecule has 0 saturated carbocycles. The molecule has 144 valence electrons. The molecule has 2 unspecified atom stereocenters. The fourth-order valence-corrected chi connectivity index (χ4v) is 5.07. The third-order valence-electron chi connectivity index (χ3n) is 5.93. The number of hydrogen-bond acceptors (Lipinski definition) is 4. The van der Waals surface area contributed by atoms with E-state index in [1.54, 1.807) is 11.3 Å². The normalized spacial score (nSPS) is 24.0. The summed E-state index contributed by atoms with van der Waals surface area (Å²) < 4.78 is 6.31. The Labute approximate surface area is 165 Å². The second kappa shape index (κ2) is 8.03. The van der Waals surface area contributed by atoms with Crippen LogP contribution in [0.25, 0.3) is 0 Å². The van der Waals surface area contributed by atoms with Crippen molar-refractivity contribution in [2.75, 3.05) is 19.6 Å². The molecule has 4 nitrogen and oxygen atoms in total. The lowest BCUT2D eigenvalue weighted by molar-refractivity contribution is -0.0983. The summed E-state index contributed by atoms with van der Waals surface area (Å²) in [6.07, 6.45) is 2.36. The Morgan fingerprint density at radius 2 is 1.89 bits per heavy atom. The molecule has 27 heavy (non-hydrogen) atoms. The molecule has 2 aromatic rings. The minimum Gasteiger partial charge on any atom is -0.487 e. The van der Waals surface area contributed by atoms with E-state index in [9.17, 15) is 4.79 Å². The predicted molar refractivity (Wildman–Crippen MR) is 109 cm³/mol. The molecule has 5 heteroatoms. The molecule has 2 atom stereocenters. The molecule has 1 aromatic carbocycles. The Morgan fingerprint density at radius 1 is 1.15 bits per heavy atom. The average molecular weight is 385 g/mol. The summed E-state index contributed by atoms with van der Waals surface area (Å²) in [5.41, 5.74) is 0.830. The topological polar surface area (TPSA) is 32.8 Å². The van der Waals surface area contributed by atoms with Crippen molar-refractivity contribution < 1.29 is 9.53 Å². The fourth-order valence-electron chi connectivity index (χ4n) is 4.44. The number of amides is 1. The summed E-state index contributed by atoms with van der Waals surface area (Å²) in [5.74, 6) is 1.73.